The van der Waals surface area contributed by atoms with Gasteiger partial charge >= 0.3 is 0 Å². The van der Waals surface area contributed by atoms with Gasteiger partial charge in [-0.05, 0) is 18.6 Å². The Bertz CT molecular complexity index is 271. The molecule has 70 valence electrons. The first-order valence-electron chi connectivity index (χ1n) is 4.46. The summed E-state index contributed by atoms with van der Waals surface area (Å²) in [6.45, 7) is 6.33. The summed E-state index contributed by atoms with van der Waals surface area (Å²) >= 11 is 0. The van der Waals surface area contributed by atoms with Gasteiger partial charge in [-0.3, -0.25) is 0 Å². The largest absolute Gasteiger partial charge is 0.481 e. The van der Waals surface area contributed by atoms with Gasteiger partial charge in [-0.15, -0.1) is 6.42 Å². The minimum atomic E-state index is 0.338. The third-order valence-electron chi connectivity index (χ3n) is 1.40. The Morgan fingerprint density at radius 1 is 1.31 bits per heavy atom. The van der Waals surface area contributed by atoms with E-state index in [0.717, 1.165) is 11.3 Å². The molecule has 0 aliphatic heterocycles. The van der Waals surface area contributed by atoms with E-state index in [1.807, 2.05) is 45.0 Å². The van der Waals surface area contributed by atoms with Gasteiger partial charge < -0.3 is 4.74 Å². The fraction of sp³-hybridized carbons (Fsp3) is 0.333. The second-order valence-electron chi connectivity index (χ2n) is 2.26. The first-order valence-corrected chi connectivity index (χ1v) is 4.46. The van der Waals surface area contributed by atoms with Crippen molar-refractivity contribution >= 4 is 0 Å². The summed E-state index contributed by atoms with van der Waals surface area (Å²) < 4.78 is 5.25. The van der Waals surface area contributed by atoms with Crippen LogP contribution in [0.1, 0.15) is 19.4 Å². The smallest absolute Gasteiger partial charge is 0.148 e. The summed E-state index contributed by atoms with van der Waals surface area (Å²) in [6.07, 6.45) is 5.05. The van der Waals surface area contributed by atoms with Crippen LogP contribution in [0.25, 0.3) is 0 Å². The maximum absolute atomic E-state index is 5.25. The molecule has 0 atom stereocenters. The molecule has 0 saturated heterocycles. The summed E-state index contributed by atoms with van der Waals surface area (Å²) in [5.41, 5.74) is 1.11. The first-order chi connectivity index (χ1) is 6.34. The number of hydrogen-bond acceptors (Lipinski definition) is 1. The van der Waals surface area contributed by atoms with Crippen LogP contribution in [0.5, 0.6) is 5.75 Å². The fourth-order valence-electron chi connectivity index (χ4n) is 0.838. The molecule has 0 saturated carbocycles. The lowest BCUT2D eigenvalue weighted by atomic mass is 10.2. The molecule has 0 amide bonds. The van der Waals surface area contributed by atoms with Crippen LogP contribution < -0.4 is 4.74 Å². The number of benzene rings is 1. The molecule has 0 aliphatic rings. The van der Waals surface area contributed by atoms with Gasteiger partial charge in [0.1, 0.15) is 12.4 Å². The summed E-state index contributed by atoms with van der Waals surface area (Å²) in [6, 6.07) is 7.80. The predicted molar refractivity (Wildman–Crippen MR) is 56.9 cm³/mol. The molecule has 0 radical (unpaired) electrons. The minimum absolute atomic E-state index is 0.338. The fourth-order valence-corrected chi connectivity index (χ4v) is 0.838. The number of ether oxygens (including phenoxy) is 1. The van der Waals surface area contributed by atoms with E-state index in [-0.39, 0.29) is 0 Å². The van der Waals surface area contributed by atoms with E-state index in [0.29, 0.717) is 6.61 Å². The minimum Gasteiger partial charge on any atom is -0.481 e. The van der Waals surface area contributed by atoms with Crippen molar-refractivity contribution in [2.75, 3.05) is 6.61 Å². The quantitative estimate of drug-likeness (QED) is 0.629. The summed E-state index contributed by atoms with van der Waals surface area (Å²) in [5, 5.41) is 0. The van der Waals surface area contributed by atoms with E-state index in [2.05, 4.69) is 5.92 Å². The van der Waals surface area contributed by atoms with Gasteiger partial charge in [0.25, 0.3) is 0 Å². The summed E-state index contributed by atoms with van der Waals surface area (Å²) in [7, 11) is 0. The van der Waals surface area contributed by atoms with Gasteiger partial charge in [0.2, 0.25) is 0 Å². The van der Waals surface area contributed by atoms with Crippen molar-refractivity contribution in [3.8, 4) is 18.1 Å². The van der Waals surface area contributed by atoms with Crippen LogP contribution in [0.3, 0.4) is 0 Å². The van der Waals surface area contributed by atoms with Gasteiger partial charge in [0.15, 0.2) is 0 Å². The van der Waals surface area contributed by atoms with Crippen molar-refractivity contribution in [3.63, 3.8) is 0 Å². The van der Waals surface area contributed by atoms with Crippen molar-refractivity contribution in [1.82, 2.24) is 0 Å². The van der Waals surface area contributed by atoms with E-state index < -0.39 is 0 Å². The average molecular weight is 176 g/mol. The molecule has 0 aliphatic carbocycles. The van der Waals surface area contributed by atoms with Crippen molar-refractivity contribution in [2.24, 2.45) is 0 Å². The molecule has 0 spiro atoms. The average Bonchev–Trinajstić information content (AvgIpc) is 2.20. The van der Waals surface area contributed by atoms with Gasteiger partial charge in [-0.25, -0.2) is 0 Å². The van der Waals surface area contributed by atoms with E-state index in [1.165, 1.54) is 0 Å². The highest BCUT2D eigenvalue weighted by Crippen LogP contribution is 2.15. The molecule has 1 nitrogen and oxygen atoms in total. The SMILES string of the molecule is C#CCOc1ccccc1C.CC. The molecule has 1 heteroatoms. The van der Waals surface area contributed by atoms with Crippen LogP contribution in [0.2, 0.25) is 0 Å². The van der Waals surface area contributed by atoms with E-state index >= 15 is 0 Å². The number of rotatable bonds is 2. The zero-order valence-corrected chi connectivity index (χ0v) is 8.50. The Morgan fingerprint density at radius 3 is 2.46 bits per heavy atom. The molecule has 0 fully saturated rings. The number of hydrogen-bond donors (Lipinski definition) is 0. The van der Waals surface area contributed by atoms with E-state index in [9.17, 15) is 0 Å². The molecule has 0 aromatic heterocycles. The molecular formula is C12H16O. The van der Waals surface area contributed by atoms with Crippen LogP contribution in [0.15, 0.2) is 24.3 Å². The molecular weight excluding hydrogens is 160 g/mol. The molecule has 0 N–H and O–H groups in total. The third-order valence-corrected chi connectivity index (χ3v) is 1.40. The molecule has 0 heterocycles. The topological polar surface area (TPSA) is 9.23 Å². The maximum atomic E-state index is 5.25. The monoisotopic (exact) mass is 176 g/mol. The van der Waals surface area contributed by atoms with Crippen LogP contribution in [-0.4, -0.2) is 6.61 Å². The van der Waals surface area contributed by atoms with Crippen molar-refractivity contribution in [2.45, 2.75) is 20.8 Å². The highest BCUT2D eigenvalue weighted by atomic mass is 16.5. The number of terminal acetylenes is 1. The third kappa shape index (κ3) is 4.22. The lowest BCUT2D eigenvalue weighted by Crippen LogP contribution is -1.94. The van der Waals surface area contributed by atoms with Gasteiger partial charge in [-0.1, -0.05) is 38.0 Å². The highest BCUT2D eigenvalue weighted by Gasteiger charge is 1.93. The second-order valence-corrected chi connectivity index (χ2v) is 2.26. The van der Waals surface area contributed by atoms with Crippen molar-refractivity contribution in [3.05, 3.63) is 29.8 Å². The first kappa shape index (κ1) is 11.6. The van der Waals surface area contributed by atoms with E-state index in [4.69, 9.17) is 11.2 Å². The Morgan fingerprint density at radius 2 is 1.92 bits per heavy atom. The number of para-hydroxylation sites is 1. The van der Waals surface area contributed by atoms with Gasteiger partial charge in [0.05, 0.1) is 0 Å². The van der Waals surface area contributed by atoms with Gasteiger partial charge in [0, 0.05) is 0 Å². The molecule has 0 bridgehead atoms. The molecule has 1 aromatic carbocycles. The van der Waals surface area contributed by atoms with Crippen LogP contribution in [0.4, 0.5) is 0 Å². The van der Waals surface area contributed by atoms with Crippen LogP contribution in [0, 0.1) is 19.3 Å². The molecule has 0 unspecified atom stereocenters. The van der Waals surface area contributed by atoms with Crippen molar-refractivity contribution in [1.29, 1.82) is 0 Å². The summed E-state index contributed by atoms with van der Waals surface area (Å²) in [4.78, 5) is 0. The lowest BCUT2D eigenvalue weighted by molar-refractivity contribution is 0.368. The normalized spacial score (nSPS) is 7.85. The van der Waals surface area contributed by atoms with E-state index in [1.54, 1.807) is 0 Å². The Labute approximate surface area is 80.7 Å². The Kier molecular flexibility index (Phi) is 6.45. The van der Waals surface area contributed by atoms with Crippen LogP contribution in [-0.2, 0) is 0 Å². The summed E-state index contributed by atoms with van der Waals surface area (Å²) in [5.74, 6) is 3.29. The number of aryl methyl sites for hydroxylation is 1. The zero-order chi connectivity index (χ0) is 10.1. The molecule has 13 heavy (non-hydrogen) atoms. The molecule has 1 rings (SSSR count). The highest BCUT2D eigenvalue weighted by molar-refractivity contribution is 5.31. The zero-order valence-electron chi connectivity index (χ0n) is 8.50. The Balaban J connectivity index is 0.000000671. The Hall–Kier alpha value is -1.42. The second kappa shape index (κ2) is 7.24. The maximum Gasteiger partial charge on any atom is 0.148 e. The molecule has 1 aromatic rings. The standard InChI is InChI=1S/C10H10O.C2H6/c1-3-8-11-10-7-5-4-6-9(10)2;1-2/h1,4-7H,8H2,2H3;1-2H3. The van der Waals surface area contributed by atoms with Gasteiger partial charge in [-0.2, -0.15) is 0 Å². The predicted octanol–water partition coefficient (Wildman–Crippen LogP) is 3.03. The van der Waals surface area contributed by atoms with Crippen molar-refractivity contribution < 1.29 is 4.74 Å². The van der Waals surface area contributed by atoms with Crippen LogP contribution >= 0.6 is 0 Å². The lowest BCUT2D eigenvalue weighted by Gasteiger charge is -2.03.